The number of hydrogen-bond donors (Lipinski definition) is 2. The Morgan fingerprint density at radius 1 is 1.00 bits per heavy atom. The molecule has 0 saturated heterocycles. The predicted molar refractivity (Wildman–Crippen MR) is 85.3 cm³/mol. The third-order valence-corrected chi connectivity index (χ3v) is 3.25. The maximum atomic E-state index is 12.5. The Kier molecular flexibility index (Phi) is 5.61. The number of hydrogen-bond acceptors (Lipinski definition) is 4. The van der Waals surface area contributed by atoms with E-state index in [0.717, 1.165) is 24.3 Å². The number of primary amides is 1. The summed E-state index contributed by atoms with van der Waals surface area (Å²) in [6, 6.07) is 9.34. The molecule has 0 radical (unpaired) electrons. The zero-order chi connectivity index (χ0) is 19.3. The van der Waals surface area contributed by atoms with E-state index in [1.165, 1.54) is 12.1 Å². The van der Waals surface area contributed by atoms with E-state index >= 15 is 0 Å². The molecule has 0 aromatic heterocycles. The number of para-hydroxylation sites is 1. The molecule has 0 atom stereocenters. The molecule has 9 heteroatoms. The number of esters is 1. The Balaban J connectivity index is 1.95. The molecule has 0 bridgehead atoms. The Morgan fingerprint density at radius 2 is 1.62 bits per heavy atom. The van der Waals surface area contributed by atoms with Crippen LogP contribution in [0.15, 0.2) is 48.5 Å². The van der Waals surface area contributed by atoms with E-state index in [2.05, 4.69) is 5.32 Å². The standard InChI is InChI=1S/C17H13F3N2O4/c18-17(19,20)11-7-5-10(6-8-11)16(25)26-9-14(23)22-13-4-2-1-3-12(13)15(21)24/h1-8H,9H2,(H2,21,24)(H,22,23). The molecule has 2 aromatic rings. The summed E-state index contributed by atoms with van der Waals surface area (Å²) in [5.41, 5.74) is 4.36. The minimum Gasteiger partial charge on any atom is -0.452 e. The number of benzene rings is 2. The second-order valence-electron chi connectivity index (χ2n) is 5.11. The number of alkyl halides is 3. The second-order valence-corrected chi connectivity index (χ2v) is 5.11. The lowest BCUT2D eigenvalue weighted by Gasteiger charge is -2.10. The van der Waals surface area contributed by atoms with Gasteiger partial charge in [0, 0.05) is 0 Å². The van der Waals surface area contributed by atoms with Crippen LogP contribution < -0.4 is 11.1 Å². The van der Waals surface area contributed by atoms with Crippen LogP contribution >= 0.6 is 0 Å². The van der Waals surface area contributed by atoms with Gasteiger partial charge in [-0.15, -0.1) is 0 Å². The molecule has 3 N–H and O–H groups in total. The van der Waals surface area contributed by atoms with E-state index in [-0.39, 0.29) is 16.8 Å². The molecule has 0 aliphatic rings. The molecule has 2 amide bonds. The van der Waals surface area contributed by atoms with Gasteiger partial charge in [-0.25, -0.2) is 4.79 Å². The van der Waals surface area contributed by atoms with Crippen molar-refractivity contribution >= 4 is 23.5 Å². The van der Waals surface area contributed by atoms with Crippen molar-refractivity contribution in [2.24, 2.45) is 5.73 Å². The molecular weight excluding hydrogens is 353 g/mol. The van der Waals surface area contributed by atoms with Crippen molar-refractivity contribution in [2.45, 2.75) is 6.18 Å². The number of nitrogens with one attached hydrogen (secondary N) is 1. The zero-order valence-corrected chi connectivity index (χ0v) is 13.2. The highest BCUT2D eigenvalue weighted by Gasteiger charge is 2.30. The highest BCUT2D eigenvalue weighted by Crippen LogP contribution is 2.29. The van der Waals surface area contributed by atoms with Crippen LogP contribution in [0.1, 0.15) is 26.3 Å². The fraction of sp³-hybridized carbons (Fsp3) is 0.118. The summed E-state index contributed by atoms with van der Waals surface area (Å²) in [5, 5.41) is 2.36. The van der Waals surface area contributed by atoms with Crippen molar-refractivity contribution in [3.8, 4) is 0 Å². The number of halogens is 3. The minimum atomic E-state index is -4.52. The summed E-state index contributed by atoms with van der Waals surface area (Å²) in [4.78, 5) is 34.9. The first kappa shape index (κ1) is 19.0. The molecule has 0 unspecified atom stereocenters. The van der Waals surface area contributed by atoms with Gasteiger partial charge >= 0.3 is 12.1 Å². The van der Waals surface area contributed by atoms with Gasteiger partial charge in [-0.2, -0.15) is 13.2 Å². The molecule has 136 valence electrons. The largest absolute Gasteiger partial charge is 0.452 e. The SMILES string of the molecule is NC(=O)c1ccccc1NC(=O)COC(=O)c1ccc(C(F)(F)F)cc1. The van der Waals surface area contributed by atoms with Gasteiger partial charge in [0.15, 0.2) is 6.61 Å². The Bertz CT molecular complexity index is 833. The van der Waals surface area contributed by atoms with Crippen LogP contribution in [0.2, 0.25) is 0 Å². The summed E-state index contributed by atoms with van der Waals surface area (Å²) in [6.45, 7) is -0.688. The minimum absolute atomic E-state index is 0.0786. The van der Waals surface area contributed by atoms with E-state index in [9.17, 15) is 27.6 Å². The molecule has 26 heavy (non-hydrogen) atoms. The summed E-state index contributed by atoms with van der Waals surface area (Å²) >= 11 is 0. The maximum absolute atomic E-state index is 12.5. The fourth-order valence-corrected chi connectivity index (χ4v) is 2.00. The normalized spacial score (nSPS) is 10.9. The third-order valence-electron chi connectivity index (χ3n) is 3.25. The molecule has 0 saturated carbocycles. The number of nitrogens with two attached hydrogens (primary N) is 1. The number of carbonyl (C=O) groups is 3. The third kappa shape index (κ3) is 4.82. The van der Waals surface area contributed by atoms with Gasteiger partial charge in [0.1, 0.15) is 0 Å². The fourth-order valence-electron chi connectivity index (χ4n) is 2.00. The van der Waals surface area contributed by atoms with Crippen LogP contribution in [0.4, 0.5) is 18.9 Å². The van der Waals surface area contributed by atoms with Gasteiger partial charge in [-0.3, -0.25) is 9.59 Å². The molecule has 6 nitrogen and oxygen atoms in total. The van der Waals surface area contributed by atoms with Gasteiger partial charge in [0.2, 0.25) is 0 Å². The first-order valence-electron chi connectivity index (χ1n) is 7.21. The quantitative estimate of drug-likeness (QED) is 0.795. The lowest BCUT2D eigenvalue weighted by molar-refractivity contribution is -0.137. The van der Waals surface area contributed by atoms with Gasteiger partial charge in [0.25, 0.3) is 11.8 Å². The van der Waals surface area contributed by atoms with E-state index in [1.807, 2.05) is 0 Å². The highest BCUT2D eigenvalue weighted by atomic mass is 19.4. The summed E-state index contributed by atoms with van der Waals surface area (Å²) in [5.74, 6) is -2.45. The molecule has 0 heterocycles. The van der Waals surface area contributed by atoms with Gasteiger partial charge in [-0.05, 0) is 36.4 Å². The van der Waals surface area contributed by atoms with Gasteiger partial charge < -0.3 is 15.8 Å². The topological polar surface area (TPSA) is 98.5 Å². The monoisotopic (exact) mass is 366 g/mol. The molecule has 0 fully saturated rings. The molecule has 0 aliphatic heterocycles. The smallest absolute Gasteiger partial charge is 0.416 e. The number of anilines is 1. The summed E-state index contributed by atoms with van der Waals surface area (Å²) < 4.78 is 42.1. The number of ether oxygens (including phenoxy) is 1. The van der Waals surface area contributed by atoms with Crippen LogP contribution in [-0.4, -0.2) is 24.4 Å². The molecule has 0 spiro atoms. The molecule has 2 aromatic carbocycles. The summed E-state index contributed by atoms with van der Waals surface area (Å²) in [7, 11) is 0. The Morgan fingerprint density at radius 3 is 2.19 bits per heavy atom. The average Bonchev–Trinajstić information content (AvgIpc) is 2.59. The van der Waals surface area contributed by atoms with Crippen LogP contribution in [0.3, 0.4) is 0 Å². The van der Waals surface area contributed by atoms with Gasteiger partial charge in [0.05, 0.1) is 22.4 Å². The van der Waals surface area contributed by atoms with E-state index in [0.29, 0.717) is 0 Å². The van der Waals surface area contributed by atoms with E-state index in [4.69, 9.17) is 10.5 Å². The van der Waals surface area contributed by atoms with Gasteiger partial charge in [-0.1, -0.05) is 12.1 Å². The predicted octanol–water partition coefficient (Wildman–Crippen LogP) is 2.60. The van der Waals surface area contributed by atoms with Crippen LogP contribution in [0, 0.1) is 0 Å². The van der Waals surface area contributed by atoms with E-state index < -0.39 is 36.1 Å². The second kappa shape index (κ2) is 7.68. The average molecular weight is 366 g/mol. The lowest BCUT2D eigenvalue weighted by Crippen LogP contribution is -2.23. The lowest BCUT2D eigenvalue weighted by atomic mass is 10.1. The molecule has 0 aliphatic carbocycles. The molecular formula is C17H13F3N2O4. The Labute approximate surface area is 145 Å². The van der Waals surface area contributed by atoms with E-state index in [1.54, 1.807) is 12.1 Å². The van der Waals surface area contributed by atoms with Crippen LogP contribution in [0.25, 0.3) is 0 Å². The van der Waals surface area contributed by atoms with Crippen LogP contribution in [-0.2, 0) is 15.7 Å². The number of carbonyl (C=O) groups excluding carboxylic acids is 3. The highest BCUT2D eigenvalue weighted by molar-refractivity contribution is 6.03. The van der Waals surface area contributed by atoms with Crippen LogP contribution in [0.5, 0.6) is 0 Å². The Hall–Kier alpha value is -3.36. The van der Waals surface area contributed by atoms with Crippen molar-refractivity contribution < 1.29 is 32.3 Å². The van der Waals surface area contributed by atoms with Crippen molar-refractivity contribution in [2.75, 3.05) is 11.9 Å². The van der Waals surface area contributed by atoms with Crippen molar-refractivity contribution in [3.05, 3.63) is 65.2 Å². The van der Waals surface area contributed by atoms with Crippen molar-refractivity contribution in [1.82, 2.24) is 0 Å². The zero-order valence-electron chi connectivity index (χ0n) is 13.2. The summed E-state index contributed by atoms with van der Waals surface area (Å²) in [6.07, 6.45) is -4.52. The maximum Gasteiger partial charge on any atom is 0.416 e. The van der Waals surface area contributed by atoms with Crippen molar-refractivity contribution in [1.29, 1.82) is 0 Å². The first-order chi connectivity index (χ1) is 12.2. The number of amides is 2. The first-order valence-corrected chi connectivity index (χ1v) is 7.21. The molecule has 2 rings (SSSR count). The number of rotatable bonds is 5. The van der Waals surface area contributed by atoms with Crippen molar-refractivity contribution in [3.63, 3.8) is 0 Å².